The van der Waals surface area contributed by atoms with Gasteiger partial charge in [-0.2, -0.15) is 0 Å². The first-order chi connectivity index (χ1) is 8.59. The van der Waals surface area contributed by atoms with Crippen molar-refractivity contribution in [3.63, 3.8) is 0 Å². The zero-order valence-electron chi connectivity index (χ0n) is 10.2. The highest BCUT2D eigenvalue weighted by molar-refractivity contribution is 7.14. The third-order valence-corrected chi connectivity index (χ3v) is 4.01. The molecule has 5 nitrogen and oxygen atoms in total. The van der Waals surface area contributed by atoms with Gasteiger partial charge in [0.1, 0.15) is 5.00 Å². The molecule has 0 aliphatic carbocycles. The van der Waals surface area contributed by atoms with Crippen molar-refractivity contribution >= 4 is 28.3 Å². The van der Waals surface area contributed by atoms with Crippen molar-refractivity contribution in [2.75, 3.05) is 11.9 Å². The first-order valence-electron chi connectivity index (χ1n) is 5.98. The zero-order valence-corrected chi connectivity index (χ0v) is 11.0. The molecule has 1 aromatic rings. The minimum Gasteiger partial charge on any atom is -0.478 e. The summed E-state index contributed by atoms with van der Waals surface area (Å²) in [7, 11) is 0. The van der Waals surface area contributed by atoms with Crippen LogP contribution in [-0.2, 0) is 0 Å². The molecule has 2 N–H and O–H groups in total. The Hall–Kier alpha value is -1.56. The van der Waals surface area contributed by atoms with Crippen LogP contribution in [-0.4, -0.2) is 34.6 Å². The highest BCUT2D eigenvalue weighted by Crippen LogP contribution is 2.25. The summed E-state index contributed by atoms with van der Waals surface area (Å²) >= 11 is 1.23. The summed E-state index contributed by atoms with van der Waals surface area (Å²) in [5.74, 6) is -1.02. The van der Waals surface area contributed by atoms with Crippen LogP contribution in [0.5, 0.6) is 0 Å². The van der Waals surface area contributed by atoms with Crippen LogP contribution in [0, 0.1) is 0 Å². The Morgan fingerprint density at radius 2 is 2.28 bits per heavy atom. The maximum atomic E-state index is 12.1. The summed E-state index contributed by atoms with van der Waals surface area (Å²) in [6.45, 7) is 2.76. The molecule has 98 valence electrons. The minimum atomic E-state index is -1.02. The van der Waals surface area contributed by atoms with Crippen LogP contribution < -0.4 is 5.32 Å². The second kappa shape index (κ2) is 5.39. The first-order valence-corrected chi connectivity index (χ1v) is 6.86. The van der Waals surface area contributed by atoms with Gasteiger partial charge in [-0.25, -0.2) is 9.59 Å². The predicted molar refractivity (Wildman–Crippen MR) is 70.3 cm³/mol. The van der Waals surface area contributed by atoms with Crippen molar-refractivity contribution in [1.29, 1.82) is 0 Å². The monoisotopic (exact) mass is 268 g/mol. The van der Waals surface area contributed by atoms with E-state index in [1.165, 1.54) is 17.4 Å². The van der Waals surface area contributed by atoms with E-state index in [0.29, 0.717) is 5.00 Å². The van der Waals surface area contributed by atoms with Gasteiger partial charge in [0.15, 0.2) is 0 Å². The topological polar surface area (TPSA) is 69.6 Å². The van der Waals surface area contributed by atoms with Crippen LogP contribution in [0.25, 0.3) is 0 Å². The number of thiophene rings is 1. The molecule has 6 heteroatoms. The Morgan fingerprint density at radius 1 is 1.50 bits per heavy atom. The maximum absolute atomic E-state index is 12.1. The van der Waals surface area contributed by atoms with Gasteiger partial charge in [0, 0.05) is 12.6 Å². The van der Waals surface area contributed by atoms with Crippen molar-refractivity contribution in [2.24, 2.45) is 0 Å². The number of carbonyl (C=O) groups is 2. The van der Waals surface area contributed by atoms with Crippen molar-refractivity contribution in [3.05, 3.63) is 17.0 Å². The molecule has 0 aromatic carbocycles. The SMILES string of the molecule is CC1CCCCN1C(=O)Nc1sccc1C(=O)O. The van der Waals surface area contributed by atoms with Crippen LogP contribution >= 0.6 is 11.3 Å². The molecule has 1 aliphatic heterocycles. The number of piperidine rings is 1. The number of carboxylic acids is 1. The van der Waals surface area contributed by atoms with E-state index >= 15 is 0 Å². The number of amides is 2. The number of rotatable bonds is 2. The van der Waals surface area contributed by atoms with Crippen LogP contribution in [0.4, 0.5) is 9.80 Å². The summed E-state index contributed by atoms with van der Waals surface area (Å²) in [6.07, 6.45) is 3.15. The Kier molecular flexibility index (Phi) is 3.86. The third-order valence-electron chi connectivity index (χ3n) is 3.18. The standard InChI is InChI=1S/C12H16N2O3S/c1-8-4-2-3-6-14(8)12(17)13-10-9(11(15)16)5-7-18-10/h5,7-8H,2-4,6H2,1H3,(H,13,17)(H,15,16). The lowest BCUT2D eigenvalue weighted by Gasteiger charge is -2.33. The molecule has 2 amide bonds. The number of carbonyl (C=O) groups excluding carboxylic acids is 1. The molecule has 0 bridgehead atoms. The number of carboxylic acid groups (broad SMARTS) is 1. The number of urea groups is 1. The molecular formula is C12H16N2O3S. The quantitative estimate of drug-likeness (QED) is 0.866. The van der Waals surface area contributed by atoms with Gasteiger partial charge in [-0.15, -0.1) is 11.3 Å². The summed E-state index contributed by atoms with van der Waals surface area (Å²) in [4.78, 5) is 24.8. The molecule has 18 heavy (non-hydrogen) atoms. The highest BCUT2D eigenvalue weighted by atomic mass is 32.1. The van der Waals surface area contributed by atoms with Crippen LogP contribution in [0.3, 0.4) is 0 Å². The summed E-state index contributed by atoms with van der Waals surface area (Å²) in [5.41, 5.74) is 0.151. The van der Waals surface area contributed by atoms with Crippen molar-refractivity contribution in [1.82, 2.24) is 4.90 Å². The lowest BCUT2D eigenvalue weighted by molar-refractivity contribution is 0.0698. The molecule has 0 radical (unpaired) electrons. The molecule has 0 saturated carbocycles. The summed E-state index contributed by atoms with van der Waals surface area (Å²) < 4.78 is 0. The number of likely N-dealkylation sites (tertiary alicyclic amines) is 1. The van der Waals surface area contributed by atoms with E-state index in [0.717, 1.165) is 25.8 Å². The van der Waals surface area contributed by atoms with Crippen LogP contribution in [0.1, 0.15) is 36.5 Å². The lowest BCUT2D eigenvalue weighted by atomic mass is 10.0. The number of nitrogens with zero attached hydrogens (tertiary/aromatic N) is 1. The largest absolute Gasteiger partial charge is 0.478 e. The van der Waals surface area contributed by atoms with E-state index in [1.54, 1.807) is 10.3 Å². The van der Waals surface area contributed by atoms with E-state index in [9.17, 15) is 9.59 Å². The van der Waals surface area contributed by atoms with Crippen LogP contribution in [0.15, 0.2) is 11.4 Å². The second-order valence-corrected chi connectivity index (χ2v) is 5.35. The Bertz CT molecular complexity index is 458. The molecule has 0 spiro atoms. The normalized spacial score (nSPS) is 19.6. The van der Waals surface area contributed by atoms with Crippen LogP contribution in [0.2, 0.25) is 0 Å². The fraction of sp³-hybridized carbons (Fsp3) is 0.500. The molecular weight excluding hydrogens is 252 g/mol. The number of nitrogens with one attached hydrogen (secondary N) is 1. The molecule has 1 fully saturated rings. The summed E-state index contributed by atoms with van der Waals surface area (Å²) in [6, 6.07) is 1.52. The molecule has 1 aromatic heterocycles. The molecule has 1 atom stereocenters. The van der Waals surface area contributed by atoms with Gasteiger partial charge in [0.25, 0.3) is 0 Å². The van der Waals surface area contributed by atoms with E-state index < -0.39 is 5.97 Å². The number of hydrogen-bond acceptors (Lipinski definition) is 3. The van der Waals surface area contributed by atoms with Gasteiger partial charge in [0.2, 0.25) is 0 Å². The minimum absolute atomic E-state index is 0.151. The Morgan fingerprint density at radius 3 is 2.94 bits per heavy atom. The van der Waals surface area contributed by atoms with E-state index in [1.807, 2.05) is 6.92 Å². The number of anilines is 1. The molecule has 1 unspecified atom stereocenters. The van der Waals surface area contributed by atoms with Gasteiger partial charge in [-0.3, -0.25) is 5.32 Å². The third kappa shape index (κ3) is 2.64. The summed E-state index contributed by atoms with van der Waals surface area (Å²) in [5, 5.41) is 13.7. The average molecular weight is 268 g/mol. The maximum Gasteiger partial charge on any atom is 0.338 e. The van der Waals surface area contributed by atoms with E-state index in [4.69, 9.17) is 5.11 Å². The first kappa shape index (κ1) is 12.9. The predicted octanol–water partition coefficient (Wildman–Crippen LogP) is 2.85. The fourth-order valence-corrected chi connectivity index (χ4v) is 2.91. The number of hydrogen-bond donors (Lipinski definition) is 2. The van der Waals surface area contributed by atoms with Gasteiger partial charge < -0.3 is 10.0 Å². The Balaban J connectivity index is 2.06. The van der Waals surface area contributed by atoms with E-state index in [-0.39, 0.29) is 17.6 Å². The molecule has 1 saturated heterocycles. The van der Waals surface area contributed by atoms with Gasteiger partial charge >= 0.3 is 12.0 Å². The lowest BCUT2D eigenvalue weighted by Crippen LogP contribution is -2.44. The van der Waals surface area contributed by atoms with Crippen molar-refractivity contribution in [2.45, 2.75) is 32.2 Å². The van der Waals surface area contributed by atoms with E-state index in [2.05, 4.69) is 5.32 Å². The van der Waals surface area contributed by atoms with Crippen molar-refractivity contribution in [3.8, 4) is 0 Å². The molecule has 2 heterocycles. The molecule has 2 rings (SSSR count). The zero-order chi connectivity index (χ0) is 13.1. The van der Waals surface area contributed by atoms with Crippen molar-refractivity contribution < 1.29 is 14.7 Å². The Labute approximate surface area is 109 Å². The van der Waals surface area contributed by atoms with Gasteiger partial charge in [-0.1, -0.05) is 0 Å². The highest BCUT2D eigenvalue weighted by Gasteiger charge is 2.24. The smallest absolute Gasteiger partial charge is 0.338 e. The van der Waals surface area contributed by atoms with Gasteiger partial charge in [0.05, 0.1) is 5.56 Å². The molecule has 1 aliphatic rings. The fourth-order valence-electron chi connectivity index (χ4n) is 2.14. The second-order valence-electron chi connectivity index (χ2n) is 4.44. The number of aromatic carboxylic acids is 1. The van der Waals surface area contributed by atoms with Gasteiger partial charge in [-0.05, 0) is 37.6 Å². The average Bonchev–Trinajstić information content (AvgIpc) is 2.77.